The van der Waals surface area contributed by atoms with Gasteiger partial charge in [-0.05, 0) is 18.6 Å². The quantitative estimate of drug-likeness (QED) is 0.833. The number of hydrogen-bond donors (Lipinski definition) is 2. The first kappa shape index (κ1) is 16.7. The fraction of sp³-hybridized carbons (Fsp3) is 0.400. The number of methoxy groups -OCH3 is 1. The zero-order valence-corrected chi connectivity index (χ0v) is 12.9. The van der Waals surface area contributed by atoms with E-state index in [-0.39, 0.29) is 11.7 Å². The van der Waals surface area contributed by atoms with E-state index < -0.39 is 11.4 Å². The molecule has 0 aliphatic carbocycles. The monoisotopic (exact) mass is 292 g/mol. The highest BCUT2D eigenvalue weighted by atomic mass is 16.5. The average Bonchev–Trinajstić information content (AvgIpc) is 2.36. The van der Waals surface area contributed by atoms with Crippen LogP contribution in [0.25, 0.3) is 5.57 Å². The van der Waals surface area contributed by atoms with Crippen molar-refractivity contribution in [1.29, 1.82) is 0 Å². The van der Waals surface area contributed by atoms with Crippen molar-refractivity contribution < 1.29 is 19.4 Å². The molecular formula is C15H20N2O4. The number of nitrogens with zero attached hydrogens (tertiary/aromatic N) is 1. The van der Waals surface area contributed by atoms with E-state index in [2.05, 4.69) is 10.3 Å². The first-order valence-electron chi connectivity index (χ1n) is 6.43. The third-order valence-corrected chi connectivity index (χ3v) is 2.76. The van der Waals surface area contributed by atoms with E-state index in [1.807, 2.05) is 0 Å². The van der Waals surface area contributed by atoms with Crippen LogP contribution in [0.3, 0.4) is 0 Å². The Hall–Kier alpha value is -2.37. The molecule has 0 unspecified atom stereocenters. The van der Waals surface area contributed by atoms with Crippen LogP contribution in [0.1, 0.15) is 33.3 Å². The lowest BCUT2D eigenvalue weighted by molar-refractivity contribution is -0.131. The number of ether oxygens (including phenoxy) is 1. The molecule has 21 heavy (non-hydrogen) atoms. The Morgan fingerprint density at radius 3 is 2.43 bits per heavy atom. The summed E-state index contributed by atoms with van der Waals surface area (Å²) >= 11 is 0. The fourth-order valence-corrected chi connectivity index (χ4v) is 1.53. The van der Waals surface area contributed by atoms with Gasteiger partial charge >= 0.3 is 5.97 Å². The number of hydrogen-bond acceptors (Lipinski definition) is 4. The van der Waals surface area contributed by atoms with Crippen LogP contribution >= 0.6 is 0 Å². The van der Waals surface area contributed by atoms with Gasteiger partial charge < -0.3 is 15.2 Å². The molecule has 2 N–H and O–H groups in total. The Labute approximate surface area is 123 Å². The lowest BCUT2D eigenvalue weighted by Gasteiger charge is -2.19. The van der Waals surface area contributed by atoms with Gasteiger partial charge in [0.1, 0.15) is 5.82 Å². The van der Waals surface area contributed by atoms with Crippen LogP contribution in [-0.2, 0) is 9.59 Å². The summed E-state index contributed by atoms with van der Waals surface area (Å²) in [7, 11) is 1.47. The molecule has 0 aliphatic heterocycles. The van der Waals surface area contributed by atoms with Gasteiger partial charge in [0.25, 0.3) is 0 Å². The standard InChI is InChI=1S/C15H20N2O4/c1-9(8-12(18)19)10-6-7-11(21-5)16-13(10)17-14(20)15(2,3)4/h6-8H,1-5H3,(H,18,19)(H,16,17,20)/b9-8+. The maximum absolute atomic E-state index is 12.1. The fourth-order valence-electron chi connectivity index (χ4n) is 1.53. The highest BCUT2D eigenvalue weighted by Crippen LogP contribution is 2.26. The van der Waals surface area contributed by atoms with E-state index in [9.17, 15) is 9.59 Å². The van der Waals surface area contributed by atoms with Crippen LogP contribution < -0.4 is 10.1 Å². The molecule has 0 spiro atoms. The topological polar surface area (TPSA) is 88.5 Å². The Balaban J connectivity index is 3.26. The summed E-state index contributed by atoms with van der Waals surface area (Å²) in [5, 5.41) is 11.6. The molecule has 0 saturated heterocycles. The lowest BCUT2D eigenvalue weighted by Crippen LogP contribution is -2.28. The molecule has 6 nitrogen and oxygen atoms in total. The smallest absolute Gasteiger partial charge is 0.328 e. The normalized spacial score (nSPS) is 12.0. The Kier molecular flexibility index (Phi) is 5.07. The third kappa shape index (κ3) is 4.59. The van der Waals surface area contributed by atoms with Crippen molar-refractivity contribution >= 4 is 23.3 Å². The summed E-state index contributed by atoms with van der Waals surface area (Å²) in [6.45, 7) is 6.98. The first-order valence-corrected chi connectivity index (χ1v) is 6.43. The average molecular weight is 292 g/mol. The second-order valence-corrected chi connectivity index (χ2v) is 5.62. The van der Waals surface area contributed by atoms with Crippen LogP contribution in [0.15, 0.2) is 18.2 Å². The molecule has 0 radical (unpaired) electrons. The van der Waals surface area contributed by atoms with Crippen molar-refractivity contribution in [1.82, 2.24) is 4.98 Å². The molecule has 0 aromatic carbocycles. The van der Waals surface area contributed by atoms with Crippen molar-refractivity contribution in [3.05, 3.63) is 23.8 Å². The highest BCUT2D eigenvalue weighted by molar-refractivity contribution is 5.98. The van der Waals surface area contributed by atoms with E-state index in [4.69, 9.17) is 9.84 Å². The molecule has 0 fully saturated rings. The maximum atomic E-state index is 12.1. The van der Waals surface area contributed by atoms with Crippen molar-refractivity contribution in [2.24, 2.45) is 5.41 Å². The Bertz CT molecular complexity index is 586. The maximum Gasteiger partial charge on any atom is 0.328 e. The molecule has 1 heterocycles. The van der Waals surface area contributed by atoms with Gasteiger partial charge in [0.15, 0.2) is 0 Å². The van der Waals surface area contributed by atoms with Crippen molar-refractivity contribution in [2.75, 3.05) is 12.4 Å². The first-order chi connectivity index (χ1) is 9.65. The summed E-state index contributed by atoms with van der Waals surface area (Å²) in [6, 6.07) is 3.28. The van der Waals surface area contributed by atoms with Crippen molar-refractivity contribution in [3.63, 3.8) is 0 Å². The van der Waals surface area contributed by atoms with E-state index in [1.165, 1.54) is 7.11 Å². The van der Waals surface area contributed by atoms with Gasteiger partial charge in [-0.25, -0.2) is 4.79 Å². The third-order valence-electron chi connectivity index (χ3n) is 2.76. The van der Waals surface area contributed by atoms with Gasteiger partial charge in [0, 0.05) is 23.1 Å². The number of allylic oxidation sites excluding steroid dienone is 1. The molecule has 0 saturated carbocycles. The van der Waals surface area contributed by atoms with Crippen molar-refractivity contribution in [3.8, 4) is 5.88 Å². The summed E-state index contributed by atoms with van der Waals surface area (Å²) in [5.41, 5.74) is 0.435. The summed E-state index contributed by atoms with van der Waals surface area (Å²) in [5.74, 6) is -0.653. The molecule has 1 aromatic heterocycles. The van der Waals surface area contributed by atoms with Gasteiger partial charge in [-0.1, -0.05) is 20.8 Å². The second kappa shape index (κ2) is 6.39. The van der Waals surface area contributed by atoms with E-state index >= 15 is 0 Å². The van der Waals surface area contributed by atoms with Crippen LogP contribution in [0.4, 0.5) is 5.82 Å². The summed E-state index contributed by atoms with van der Waals surface area (Å²) in [6.07, 6.45) is 1.07. The molecule has 1 amide bonds. The highest BCUT2D eigenvalue weighted by Gasteiger charge is 2.23. The van der Waals surface area contributed by atoms with E-state index in [0.717, 1.165) is 6.08 Å². The zero-order valence-electron chi connectivity index (χ0n) is 12.9. The molecule has 0 bridgehead atoms. The minimum Gasteiger partial charge on any atom is -0.481 e. The molecule has 6 heteroatoms. The van der Waals surface area contributed by atoms with Gasteiger partial charge in [-0.2, -0.15) is 4.98 Å². The minimum absolute atomic E-state index is 0.215. The van der Waals surface area contributed by atoms with Crippen LogP contribution in [-0.4, -0.2) is 29.1 Å². The molecule has 1 aromatic rings. The van der Waals surface area contributed by atoms with Crippen molar-refractivity contribution in [2.45, 2.75) is 27.7 Å². The Morgan fingerprint density at radius 2 is 1.95 bits per heavy atom. The number of nitrogens with one attached hydrogen (secondary N) is 1. The predicted molar refractivity (Wildman–Crippen MR) is 80.2 cm³/mol. The molecule has 114 valence electrons. The number of carboxylic acids is 1. The van der Waals surface area contributed by atoms with Crippen LogP contribution in [0, 0.1) is 5.41 Å². The van der Waals surface area contributed by atoms with Gasteiger partial charge in [-0.3, -0.25) is 4.79 Å². The second-order valence-electron chi connectivity index (χ2n) is 5.62. The predicted octanol–water partition coefficient (Wildman–Crippen LogP) is 2.56. The minimum atomic E-state index is -1.06. The van der Waals surface area contributed by atoms with Crippen LogP contribution in [0.5, 0.6) is 5.88 Å². The largest absolute Gasteiger partial charge is 0.481 e. The zero-order chi connectivity index (χ0) is 16.2. The number of aromatic nitrogens is 1. The summed E-state index contributed by atoms with van der Waals surface area (Å²) in [4.78, 5) is 27.1. The Morgan fingerprint density at radius 1 is 1.33 bits per heavy atom. The molecule has 0 atom stereocenters. The summed E-state index contributed by atoms with van der Waals surface area (Å²) < 4.78 is 5.04. The van der Waals surface area contributed by atoms with E-state index in [1.54, 1.807) is 39.8 Å². The van der Waals surface area contributed by atoms with E-state index in [0.29, 0.717) is 17.0 Å². The number of pyridine rings is 1. The SMILES string of the molecule is COc1ccc(/C(C)=C/C(=O)O)c(NC(=O)C(C)(C)C)n1. The van der Waals surface area contributed by atoms with Gasteiger partial charge in [0.2, 0.25) is 11.8 Å². The number of anilines is 1. The number of carbonyl (C=O) groups is 2. The molecule has 0 aliphatic rings. The van der Waals surface area contributed by atoms with Gasteiger partial charge in [0.05, 0.1) is 7.11 Å². The number of carboxylic acid groups (broad SMARTS) is 1. The number of rotatable bonds is 4. The number of carbonyl (C=O) groups excluding carboxylic acids is 1. The van der Waals surface area contributed by atoms with Crippen LogP contribution in [0.2, 0.25) is 0 Å². The number of aliphatic carboxylic acids is 1. The molecular weight excluding hydrogens is 272 g/mol. The van der Waals surface area contributed by atoms with Gasteiger partial charge in [-0.15, -0.1) is 0 Å². The number of amides is 1. The lowest BCUT2D eigenvalue weighted by atomic mass is 9.95. The molecule has 1 rings (SSSR count).